The highest BCUT2D eigenvalue weighted by Gasteiger charge is 2.39. The van der Waals surface area contributed by atoms with Gasteiger partial charge in [-0.2, -0.15) is 0 Å². The summed E-state index contributed by atoms with van der Waals surface area (Å²) in [4.78, 5) is 45.8. The van der Waals surface area contributed by atoms with Crippen molar-refractivity contribution in [1.29, 1.82) is 0 Å². The molecule has 19 heavy (non-hydrogen) atoms. The molecule has 0 bridgehead atoms. The van der Waals surface area contributed by atoms with Crippen LogP contribution in [0.3, 0.4) is 0 Å². The molecule has 0 heterocycles. The Morgan fingerprint density at radius 3 is 2.58 bits per heavy atom. The van der Waals surface area contributed by atoms with Crippen molar-refractivity contribution >= 4 is 23.5 Å². The molecule has 0 N–H and O–H groups in total. The van der Waals surface area contributed by atoms with Gasteiger partial charge in [0.1, 0.15) is 0 Å². The van der Waals surface area contributed by atoms with Gasteiger partial charge < -0.3 is 9.47 Å². The Morgan fingerprint density at radius 1 is 1.32 bits per heavy atom. The Balaban J connectivity index is 2.13. The third-order valence-electron chi connectivity index (χ3n) is 2.94. The van der Waals surface area contributed by atoms with Gasteiger partial charge in [-0.25, -0.2) is 4.79 Å². The molecule has 1 atom stereocenters. The average molecular weight is 264 g/mol. The fourth-order valence-electron chi connectivity index (χ4n) is 1.95. The third-order valence-corrected chi connectivity index (χ3v) is 2.94. The molecule has 0 spiro atoms. The van der Waals surface area contributed by atoms with Crippen molar-refractivity contribution in [2.24, 2.45) is 0 Å². The summed E-state index contributed by atoms with van der Waals surface area (Å²) in [6, 6.07) is 0. The second-order valence-corrected chi connectivity index (χ2v) is 4.32. The summed E-state index contributed by atoms with van der Waals surface area (Å²) in [6.45, 7) is 1.15. The van der Waals surface area contributed by atoms with Crippen LogP contribution in [0.4, 0.5) is 0 Å². The van der Waals surface area contributed by atoms with E-state index in [1.807, 2.05) is 0 Å². The maximum absolute atomic E-state index is 11.9. The van der Waals surface area contributed by atoms with Crippen molar-refractivity contribution in [3.63, 3.8) is 0 Å². The lowest BCUT2D eigenvalue weighted by molar-refractivity contribution is -0.164. The van der Waals surface area contributed by atoms with E-state index in [0.717, 1.165) is 14.0 Å². The van der Waals surface area contributed by atoms with Gasteiger partial charge in [-0.1, -0.05) is 0 Å². The highest BCUT2D eigenvalue weighted by molar-refractivity contribution is 6.28. The van der Waals surface area contributed by atoms with Crippen molar-refractivity contribution in [2.75, 3.05) is 7.11 Å². The monoisotopic (exact) mass is 264 g/mol. The van der Waals surface area contributed by atoms with Crippen LogP contribution in [-0.4, -0.2) is 36.7 Å². The van der Waals surface area contributed by atoms with Crippen molar-refractivity contribution < 1.29 is 28.7 Å². The SMILES string of the molecule is COC(=O)C(CC1=CC(=O)C2=C(C2)C1=O)OC(C)=O. The lowest BCUT2D eigenvalue weighted by atomic mass is 9.98. The molecule has 2 rings (SSSR count). The van der Waals surface area contributed by atoms with Crippen LogP contribution in [0.1, 0.15) is 19.8 Å². The maximum atomic E-state index is 11.9. The summed E-state index contributed by atoms with van der Waals surface area (Å²) >= 11 is 0. The number of hydrogen-bond donors (Lipinski definition) is 0. The summed E-state index contributed by atoms with van der Waals surface area (Å²) < 4.78 is 9.31. The zero-order valence-electron chi connectivity index (χ0n) is 10.5. The first-order valence-electron chi connectivity index (χ1n) is 5.70. The Morgan fingerprint density at radius 2 is 2.00 bits per heavy atom. The fraction of sp³-hybridized carbons (Fsp3) is 0.385. The first kappa shape index (κ1) is 13.2. The zero-order chi connectivity index (χ0) is 14.2. The Labute approximate surface area is 109 Å². The van der Waals surface area contributed by atoms with E-state index in [0.29, 0.717) is 17.6 Å². The second kappa shape index (κ2) is 4.79. The second-order valence-electron chi connectivity index (χ2n) is 4.32. The van der Waals surface area contributed by atoms with E-state index < -0.39 is 18.0 Å². The van der Waals surface area contributed by atoms with E-state index in [1.54, 1.807) is 0 Å². The van der Waals surface area contributed by atoms with Crippen LogP contribution >= 0.6 is 0 Å². The van der Waals surface area contributed by atoms with Gasteiger partial charge in [0.05, 0.1) is 7.11 Å². The molecule has 0 aromatic rings. The van der Waals surface area contributed by atoms with Crippen LogP contribution in [0.15, 0.2) is 22.8 Å². The normalized spacial score (nSPS) is 18.5. The maximum Gasteiger partial charge on any atom is 0.347 e. The molecule has 2 aliphatic carbocycles. The van der Waals surface area contributed by atoms with Crippen LogP contribution in [0.5, 0.6) is 0 Å². The van der Waals surface area contributed by atoms with Crippen LogP contribution in [0.25, 0.3) is 0 Å². The average Bonchev–Trinajstić information content (AvgIpc) is 3.14. The number of allylic oxidation sites excluding steroid dienone is 3. The largest absolute Gasteiger partial charge is 0.466 e. The molecule has 0 aliphatic heterocycles. The topological polar surface area (TPSA) is 86.7 Å². The van der Waals surface area contributed by atoms with Crippen LogP contribution in [0, 0.1) is 0 Å². The highest BCUT2D eigenvalue weighted by Crippen LogP contribution is 2.39. The Bertz CT molecular complexity index is 551. The highest BCUT2D eigenvalue weighted by atomic mass is 16.6. The molecule has 2 aliphatic rings. The fourth-order valence-corrected chi connectivity index (χ4v) is 1.95. The summed E-state index contributed by atoms with van der Waals surface area (Å²) in [6.07, 6.45) is 0.265. The molecule has 6 nitrogen and oxygen atoms in total. The molecule has 0 aromatic carbocycles. The smallest absolute Gasteiger partial charge is 0.347 e. The molecular weight excluding hydrogens is 252 g/mol. The molecule has 0 saturated carbocycles. The van der Waals surface area contributed by atoms with E-state index in [4.69, 9.17) is 4.74 Å². The minimum Gasteiger partial charge on any atom is -0.466 e. The number of ketones is 2. The van der Waals surface area contributed by atoms with Crippen molar-refractivity contribution in [3.05, 3.63) is 22.8 Å². The zero-order valence-corrected chi connectivity index (χ0v) is 10.5. The van der Waals surface area contributed by atoms with Crippen LogP contribution in [-0.2, 0) is 28.7 Å². The van der Waals surface area contributed by atoms with E-state index in [-0.39, 0.29) is 23.6 Å². The van der Waals surface area contributed by atoms with Crippen LogP contribution < -0.4 is 0 Å². The lowest BCUT2D eigenvalue weighted by Crippen LogP contribution is -2.29. The summed E-state index contributed by atoms with van der Waals surface area (Å²) in [5.74, 6) is -1.88. The Kier molecular flexibility index (Phi) is 3.33. The number of carbonyl (C=O) groups is 4. The molecule has 0 saturated heterocycles. The number of Topliss-reactive ketones (excluding diaryl/α,β-unsaturated/α-hetero) is 1. The van der Waals surface area contributed by atoms with Gasteiger partial charge in [0, 0.05) is 36.5 Å². The van der Waals surface area contributed by atoms with Gasteiger partial charge in [0.2, 0.25) is 6.10 Å². The van der Waals surface area contributed by atoms with Gasteiger partial charge in [-0.05, 0) is 6.08 Å². The minimum atomic E-state index is -1.20. The molecule has 100 valence electrons. The van der Waals surface area contributed by atoms with E-state index in [1.165, 1.54) is 6.08 Å². The first-order valence-corrected chi connectivity index (χ1v) is 5.70. The van der Waals surface area contributed by atoms with Gasteiger partial charge in [0.15, 0.2) is 11.6 Å². The number of ether oxygens (including phenoxy) is 2. The quantitative estimate of drug-likeness (QED) is 0.534. The number of methoxy groups -OCH3 is 1. The number of esters is 2. The van der Waals surface area contributed by atoms with Gasteiger partial charge >= 0.3 is 11.9 Å². The van der Waals surface area contributed by atoms with Crippen molar-refractivity contribution in [3.8, 4) is 0 Å². The number of carbonyl (C=O) groups excluding carboxylic acids is 4. The van der Waals surface area contributed by atoms with Gasteiger partial charge in [-0.3, -0.25) is 14.4 Å². The third kappa shape index (κ3) is 2.62. The minimum absolute atomic E-state index is 0.145. The Hall–Kier alpha value is -2.24. The van der Waals surface area contributed by atoms with Crippen molar-refractivity contribution in [2.45, 2.75) is 25.9 Å². The number of rotatable bonds is 4. The summed E-state index contributed by atoms with van der Waals surface area (Å²) in [7, 11) is 1.16. The molecule has 0 radical (unpaired) electrons. The van der Waals surface area contributed by atoms with E-state index in [2.05, 4.69) is 4.74 Å². The van der Waals surface area contributed by atoms with Crippen LogP contribution in [0.2, 0.25) is 0 Å². The molecular formula is C13H12O6. The molecule has 1 unspecified atom stereocenters. The van der Waals surface area contributed by atoms with E-state index in [9.17, 15) is 19.2 Å². The summed E-state index contributed by atoms with van der Waals surface area (Å²) in [5.41, 5.74) is 1.21. The predicted octanol–water partition coefficient (Wildman–Crippen LogP) is 0.260. The lowest BCUT2D eigenvalue weighted by Gasteiger charge is -2.16. The molecule has 0 fully saturated rings. The van der Waals surface area contributed by atoms with Gasteiger partial charge in [0.25, 0.3) is 0 Å². The van der Waals surface area contributed by atoms with Gasteiger partial charge in [-0.15, -0.1) is 0 Å². The predicted molar refractivity (Wildman–Crippen MR) is 61.9 cm³/mol. The van der Waals surface area contributed by atoms with Crippen molar-refractivity contribution in [1.82, 2.24) is 0 Å². The molecule has 0 amide bonds. The summed E-state index contributed by atoms with van der Waals surface area (Å²) in [5, 5.41) is 0. The molecule has 6 heteroatoms. The first-order chi connectivity index (χ1) is 8.93. The number of hydrogen-bond acceptors (Lipinski definition) is 6. The molecule has 0 aromatic heterocycles. The standard InChI is InChI=1S/C13H12O6/c1-6(14)19-11(13(17)18-2)4-7-3-10(15)8-5-9(8)12(7)16/h3,11H,4-5H2,1-2H3. The van der Waals surface area contributed by atoms with E-state index >= 15 is 0 Å².